The smallest absolute Gasteiger partial charge is 0.298 e. The maximum Gasteiger partial charge on any atom is 0.332 e. The van der Waals surface area contributed by atoms with Crippen LogP contribution in [0.2, 0.25) is 5.02 Å². The number of aromatic nitrogens is 4. The first-order valence-electron chi connectivity index (χ1n) is 9.21. The fourth-order valence-corrected chi connectivity index (χ4v) is 3.38. The van der Waals surface area contributed by atoms with Crippen LogP contribution in [-0.2, 0) is 20.6 Å². The van der Waals surface area contributed by atoms with Crippen molar-refractivity contribution in [1.82, 2.24) is 18.7 Å². The van der Waals surface area contributed by atoms with E-state index in [9.17, 15) is 9.59 Å². The Bertz CT molecular complexity index is 1370. The van der Waals surface area contributed by atoms with Gasteiger partial charge >= 0.3 is 5.69 Å². The summed E-state index contributed by atoms with van der Waals surface area (Å²) >= 11 is 6.16. The predicted molar refractivity (Wildman–Crippen MR) is 118 cm³/mol. The summed E-state index contributed by atoms with van der Waals surface area (Å²) in [6.07, 6.45) is 1.58. The quantitative estimate of drug-likeness (QED) is 0.395. The van der Waals surface area contributed by atoms with Gasteiger partial charge in [0, 0.05) is 24.7 Å². The molecule has 0 aliphatic carbocycles. The van der Waals surface area contributed by atoms with Crippen molar-refractivity contribution in [1.29, 1.82) is 0 Å². The van der Waals surface area contributed by atoms with Gasteiger partial charge in [0.25, 0.3) is 5.56 Å². The van der Waals surface area contributed by atoms with Crippen molar-refractivity contribution in [3.05, 3.63) is 91.6 Å². The first-order valence-corrected chi connectivity index (χ1v) is 9.59. The van der Waals surface area contributed by atoms with Crippen LogP contribution in [-0.4, -0.2) is 24.9 Å². The summed E-state index contributed by atoms with van der Waals surface area (Å²) < 4.78 is 4.14. The molecule has 0 fully saturated rings. The molecule has 0 bridgehead atoms. The topological polar surface area (TPSA) is 86.2 Å². The van der Waals surface area contributed by atoms with Gasteiger partial charge in [0.15, 0.2) is 11.2 Å². The van der Waals surface area contributed by atoms with Crippen LogP contribution in [0.1, 0.15) is 11.1 Å². The van der Waals surface area contributed by atoms with Crippen LogP contribution in [0.3, 0.4) is 0 Å². The maximum absolute atomic E-state index is 12.9. The van der Waals surface area contributed by atoms with Crippen molar-refractivity contribution in [2.24, 2.45) is 19.2 Å². The Morgan fingerprint density at radius 2 is 1.73 bits per heavy atom. The lowest BCUT2D eigenvalue weighted by molar-refractivity contribution is 0.702. The van der Waals surface area contributed by atoms with Gasteiger partial charge in [0.1, 0.15) is 0 Å². The lowest BCUT2D eigenvalue weighted by Crippen LogP contribution is -2.37. The van der Waals surface area contributed by atoms with E-state index in [-0.39, 0.29) is 5.65 Å². The molecule has 0 aliphatic heterocycles. The number of nitrogens with one attached hydrogen (secondary N) is 1. The molecule has 0 saturated heterocycles. The first kappa shape index (κ1) is 19.7. The molecule has 152 valence electrons. The van der Waals surface area contributed by atoms with Gasteiger partial charge < -0.3 is 0 Å². The second-order valence-corrected chi connectivity index (χ2v) is 7.18. The Balaban J connectivity index is 1.83. The molecule has 2 heterocycles. The number of hydrogen-bond acceptors (Lipinski definition) is 5. The zero-order valence-electron chi connectivity index (χ0n) is 16.4. The van der Waals surface area contributed by atoms with E-state index in [0.29, 0.717) is 23.0 Å². The van der Waals surface area contributed by atoms with Gasteiger partial charge in [-0.25, -0.2) is 10.2 Å². The molecule has 2 aromatic carbocycles. The molecular weight excluding hydrogens is 404 g/mol. The first-order chi connectivity index (χ1) is 14.5. The molecule has 0 atom stereocenters. The number of rotatable bonds is 5. The summed E-state index contributed by atoms with van der Waals surface area (Å²) in [7, 11) is 3.04. The molecule has 4 aromatic rings. The fourth-order valence-electron chi connectivity index (χ4n) is 3.19. The molecule has 0 saturated carbocycles. The third-order valence-corrected chi connectivity index (χ3v) is 5.15. The maximum atomic E-state index is 12.9. The highest BCUT2D eigenvalue weighted by Crippen LogP contribution is 2.18. The molecule has 0 amide bonds. The van der Waals surface area contributed by atoms with Crippen molar-refractivity contribution in [2.45, 2.75) is 6.54 Å². The van der Waals surface area contributed by atoms with Crippen molar-refractivity contribution < 1.29 is 0 Å². The number of benzene rings is 2. The van der Waals surface area contributed by atoms with Crippen molar-refractivity contribution in [2.75, 3.05) is 5.43 Å². The monoisotopic (exact) mass is 422 g/mol. The SMILES string of the molecule is Cn1c(=O)c2c(nc(NN=Cc3ccccc3Cl)n2Cc2ccccc2)n(C)c1=O. The number of anilines is 1. The van der Waals surface area contributed by atoms with Gasteiger partial charge in [-0.1, -0.05) is 60.1 Å². The van der Waals surface area contributed by atoms with Crippen LogP contribution in [0.5, 0.6) is 0 Å². The van der Waals surface area contributed by atoms with E-state index in [1.807, 2.05) is 48.5 Å². The third-order valence-electron chi connectivity index (χ3n) is 4.80. The molecule has 30 heavy (non-hydrogen) atoms. The molecule has 0 unspecified atom stereocenters. The largest absolute Gasteiger partial charge is 0.332 e. The van der Waals surface area contributed by atoms with Crippen LogP contribution in [0.15, 0.2) is 69.3 Å². The van der Waals surface area contributed by atoms with Gasteiger partial charge in [-0.05, 0) is 11.6 Å². The molecule has 0 spiro atoms. The molecule has 9 heteroatoms. The number of halogens is 1. The Morgan fingerprint density at radius 3 is 2.47 bits per heavy atom. The summed E-state index contributed by atoms with van der Waals surface area (Å²) in [5, 5.41) is 4.80. The number of nitrogens with zero attached hydrogens (tertiary/aromatic N) is 5. The lowest BCUT2D eigenvalue weighted by Gasteiger charge is -2.09. The zero-order chi connectivity index (χ0) is 21.3. The van der Waals surface area contributed by atoms with Crippen molar-refractivity contribution >= 4 is 34.9 Å². The van der Waals surface area contributed by atoms with Gasteiger partial charge in [0.2, 0.25) is 5.95 Å². The van der Waals surface area contributed by atoms with Crippen LogP contribution < -0.4 is 16.7 Å². The van der Waals surface area contributed by atoms with E-state index in [4.69, 9.17) is 11.6 Å². The van der Waals surface area contributed by atoms with E-state index >= 15 is 0 Å². The summed E-state index contributed by atoms with van der Waals surface area (Å²) in [5.41, 5.74) is 4.35. The molecule has 0 radical (unpaired) electrons. The third kappa shape index (κ3) is 3.53. The van der Waals surface area contributed by atoms with Gasteiger partial charge in [-0.3, -0.25) is 18.5 Å². The van der Waals surface area contributed by atoms with Crippen molar-refractivity contribution in [3.63, 3.8) is 0 Å². The van der Waals surface area contributed by atoms with Crippen LogP contribution in [0, 0.1) is 0 Å². The summed E-state index contributed by atoms with van der Waals surface area (Å²) in [6, 6.07) is 17.0. The second kappa shape index (κ2) is 8.00. The van der Waals surface area contributed by atoms with Gasteiger partial charge in [0.05, 0.1) is 12.8 Å². The van der Waals surface area contributed by atoms with Crippen molar-refractivity contribution in [3.8, 4) is 0 Å². The highest BCUT2D eigenvalue weighted by atomic mass is 35.5. The molecular formula is C21H19ClN6O2. The van der Waals surface area contributed by atoms with Gasteiger partial charge in [-0.15, -0.1) is 0 Å². The minimum absolute atomic E-state index is 0.287. The Hall–Kier alpha value is -3.65. The fraction of sp³-hybridized carbons (Fsp3) is 0.143. The number of hydrogen-bond donors (Lipinski definition) is 1. The Kier molecular flexibility index (Phi) is 5.24. The summed E-state index contributed by atoms with van der Waals surface area (Å²) in [5.74, 6) is 0.343. The van der Waals surface area contributed by atoms with E-state index in [2.05, 4.69) is 15.5 Å². The zero-order valence-corrected chi connectivity index (χ0v) is 17.2. The number of hydrazone groups is 1. The number of fused-ring (bicyclic) bond motifs is 1. The highest BCUT2D eigenvalue weighted by Gasteiger charge is 2.19. The lowest BCUT2D eigenvalue weighted by atomic mass is 10.2. The Morgan fingerprint density at radius 1 is 1.03 bits per heavy atom. The summed E-state index contributed by atoms with van der Waals surface area (Å²) in [4.78, 5) is 29.7. The van der Waals surface area contributed by atoms with E-state index < -0.39 is 11.2 Å². The Labute approximate surface area is 176 Å². The minimum atomic E-state index is -0.442. The van der Waals surface area contributed by atoms with E-state index in [1.165, 1.54) is 11.6 Å². The summed E-state index contributed by atoms with van der Waals surface area (Å²) in [6.45, 7) is 0.384. The molecule has 1 N–H and O–H groups in total. The average Bonchev–Trinajstić information content (AvgIpc) is 3.11. The minimum Gasteiger partial charge on any atom is -0.298 e. The number of imidazole rings is 1. The number of aryl methyl sites for hydroxylation is 1. The average molecular weight is 423 g/mol. The molecule has 8 nitrogen and oxygen atoms in total. The van der Waals surface area contributed by atoms with E-state index in [1.54, 1.807) is 23.9 Å². The van der Waals surface area contributed by atoms with Crippen LogP contribution in [0.25, 0.3) is 11.2 Å². The highest BCUT2D eigenvalue weighted by molar-refractivity contribution is 6.33. The predicted octanol–water partition coefficient (Wildman–Crippen LogP) is 2.58. The second-order valence-electron chi connectivity index (χ2n) is 6.78. The van der Waals surface area contributed by atoms with Gasteiger partial charge in [-0.2, -0.15) is 10.1 Å². The van der Waals surface area contributed by atoms with Crippen LogP contribution >= 0.6 is 11.6 Å². The normalized spacial score (nSPS) is 11.4. The van der Waals surface area contributed by atoms with Crippen LogP contribution in [0.4, 0.5) is 5.95 Å². The van der Waals surface area contributed by atoms with E-state index in [0.717, 1.165) is 15.7 Å². The molecule has 2 aromatic heterocycles. The standard InChI is InChI=1S/C21H19ClN6O2/c1-26-18-17(19(29)27(2)21(26)30)28(13-14-8-4-3-5-9-14)20(24-18)25-23-12-15-10-6-7-11-16(15)22/h3-12H,13H2,1-2H3,(H,24,25). The molecule has 4 rings (SSSR count). The molecule has 0 aliphatic rings.